The molecule has 1 N–H and O–H groups in total. The number of aryl methyl sites for hydroxylation is 1. The molecule has 0 radical (unpaired) electrons. The first kappa shape index (κ1) is 15.9. The number of benzene rings is 1. The Bertz CT molecular complexity index is 698. The van der Waals surface area contributed by atoms with E-state index in [1.165, 1.54) is 0 Å². The zero-order chi connectivity index (χ0) is 16.3. The van der Waals surface area contributed by atoms with E-state index in [1.807, 2.05) is 0 Å². The van der Waals surface area contributed by atoms with Crippen LogP contribution in [-0.2, 0) is 12.7 Å². The minimum atomic E-state index is -4.85. The summed E-state index contributed by atoms with van der Waals surface area (Å²) in [5.41, 5.74) is -0.394. The van der Waals surface area contributed by atoms with Crippen molar-refractivity contribution in [1.82, 2.24) is 10.3 Å². The number of halogens is 4. The smallest absolute Gasteiger partial charge is 0.346 e. The van der Waals surface area contributed by atoms with Gasteiger partial charge in [-0.3, -0.25) is 9.78 Å². The lowest BCUT2D eigenvalue weighted by atomic mass is 10.1. The van der Waals surface area contributed by atoms with Crippen LogP contribution in [0.25, 0.3) is 0 Å². The van der Waals surface area contributed by atoms with E-state index in [0.717, 1.165) is 11.8 Å². The highest BCUT2D eigenvalue weighted by atomic mass is 19.4. The van der Waals surface area contributed by atoms with E-state index in [4.69, 9.17) is 0 Å². The molecule has 3 nitrogen and oxygen atoms in total. The van der Waals surface area contributed by atoms with Gasteiger partial charge in [-0.2, -0.15) is 13.2 Å². The Kier molecular flexibility index (Phi) is 4.44. The number of carbonyl (C=O) groups excluding carboxylic acids is 1. The summed E-state index contributed by atoms with van der Waals surface area (Å²) in [6, 6.07) is 7.34. The molecule has 0 fully saturated rings. The van der Waals surface area contributed by atoms with Gasteiger partial charge in [-0.15, -0.1) is 0 Å². The molecule has 0 aliphatic heterocycles. The Morgan fingerprint density at radius 1 is 1.23 bits per heavy atom. The maximum atomic E-state index is 13.2. The monoisotopic (exact) mass is 312 g/mol. The molecule has 116 valence electrons. The third kappa shape index (κ3) is 3.81. The van der Waals surface area contributed by atoms with E-state index in [1.54, 1.807) is 25.1 Å². The second-order valence-corrected chi connectivity index (χ2v) is 4.65. The summed E-state index contributed by atoms with van der Waals surface area (Å²) < 4.78 is 51.0. The number of rotatable bonds is 3. The van der Waals surface area contributed by atoms with E-state index in [9.17, 15) is 22.4 Å². The van der Waals surface area contributed by atoms with Gasteiger partial charge in [0.1, 0.15) is 5.82 Å². The summed E-state index contributed by atoms with van der Waals surface area (Å²) in [7, 11) is 0. The lowest BCUT2D eigenvalue weighted by molar-refractivity contribution is -0.140. The van der Waals surface area contributed by atoms with Crippen LogP contribution in [0.4, 0.5) is 17.6 Å². The summed E-state index contributed by atoms with van der Waals surface area (Å²) in [6.45, 7) is 1.85. The Labute approximate surface area is 124 Å². The molecule has 0 spiro atoms. The van der Waals surface area contributed by atoms with Crippen LogP contribution in [0, 0.1) is 12.7 Å². The number of aromatic nitrogens is 1. The number of carbonyl (C=O) groups is 1. The number of pyridine rings is 1. The van der Waals surface area contributed by atoms with Crippen molar-refractivity contribution < 1.29 is 22.4 Å². The predicted molar refractivity (Wildman–Crippen MR) is 71.5 cm³/mol. The van der Waals surface area contributed by atoms with E-state index in [2.05, 4.69) is 10.3 Å². The molecule has 0 saturated heterocycles. The Morgan fingerprint density at radius 3 is 2.59 bits per heavy atom. The average molecular weight is 312 g/mol. The van der Waals surface area contributed by atoms with Crippen molar-refractivity contribution >= 4 is 5.91 Å². The number of hydrogen-bond donors (Lipinski definition) is 1. The van der Waals surface area contributed by atoms with Gasteiger partial charge in [-0.05, 0) is 37.3 Å². The topological polar surface area (TPSA) is 42.0 Å². The van der Waals surface area contributed by atoms with Crippen molar-refractivity contribution in [3.63, 3.8) is 0 Å². The third-order valence-electron chi connectivity index (χ3n) is 2.91. The second kappa shape index (κ2) is 6.13. The summed E-state index contributed by atoms with van der Waals surface area (Å²) in [5.74, 6) is -2.14. The van der Waals surface area contributed by atoms with Crippen LogP contribution >= 0.6 is 0 Å². The van der Waals surface area contributed by atoms with Gasteiger partial charge in [0.2, 0.25) is 0 Å². The highest BCUT2D eigenvalue weighted by Crippen LogP contribution is 2.31. The molecule has 22 heavy (non-hydrogen) atoms. The first-order valence-electron chi connectivity index (χ1n) is 6.35. The molecule has 0 aliphatic rings. The standard InChI is InChI=1S/C15H12F4N2O/c1-9-3-2-4-11(21-9)8-20-14(22)10-5-6-13(16)12(7-10)15(17,18)19/h2-7H,8H2,1H3,(H,20,22). The molecule has 2 rings (SSSR count). The zero-order valence-corrected chi connectivity index (χ0v) is 11.5. The molecule has 0 saturated carbocycles. The highest BCUT2D eigenvalue weighted by molar-refractivity contribution is 5.94. The average Bonchev–Trinajstić information content (AvgIpc) is 2.44. The van der Waals surface area contributed by atoms with Gasteiger partial charge >= 0.3 is 6.18 Å². The lowest BCUT2D eigenvalue weighted by Gasteiger charge is -2.10. The Hall–Kier alpha value is -2.44. The van der Waals surface area contributed by atoms with Crippen molar-refractivity contribution in [2.75, 3.05) is 0 Å². The van der Waals surface area contributed by atoms with Crippen molar-refractivity contribution in [3.8, 4) is 0 Å². The van der Waals surface area contributed by atoms with Crippen LogP contribution in [0.2, 0.25) is 0 Å². The molecule has 0 atom stereocenters. The Morgan fingerprint density at radius 2 is 1.95 bits per heavy atom. The van der Waals surface area contributed by atoms with Gasteiger partial charge in [0.15, 0.2) is 0 Å². The van der Waals surface area contributed by atoms with Crippen molar-refractivity contribution in [1.29, 1.82) is 0 Å². The van der Waals surface area contributed by atoms with Crippen molar-refractivity contribution in [2.45, 2.75) is 19.6 Å². The van der Waals surface area contributed by atoms with Gasteiger partial charge in [0.05, 0.1) is 17.8 Å². The third-order valence-corrected chi connectivity index (χ3v) is 2.91. The number of amides is 1. The van der Waals surface area contributed by atoms with Crippen LogP contribution < -0.4 is 5.32 Å². The van der Waals surface area contributed by atoms with Gasteiger partial charge in [0.25, 0.3) is 5.91 Å². The fourth-order valence-corrected chi connectivity index (χ4v) is 1.85. The van der Waals surface area contributed by atoms with E-state index < -0.39 is 23.5 Å². The fraction of sp³-hybridized carbons (Fsp3) is 0.200. The molecule has 1 aromatic heterocycles. The van der Waals surface area contributed by atoms with Crippen LogP contribution in [-0.4, -0.2) is 10.9 Å². The molecular formula is C15H12F4N2O. The largest absolute Gasteiger partial charge is 0.419 e. The van der Waals surface area contributed by atoms with Crippen LogP contribution in [0.3, 0.4) is 0 Å². The molecule has 1 aromatic carbocycles. The summed E-state index contributed by atoms with van der Waals surface area (Å²) in [6.07, 6.45) is -4.85. The predicted octanol–water partition coefficient (Wildman–Crippen LogP) is 3.48. The first-order chi connectivity index (χ1) is 10.3. The van der Waals surface area contributed by atoms with Crippen LogP contribution in [0.15, 0.2) is 36.4 Å². The van der Waals surface area contributed by atoms with Gasteiger partial charge in [0, 0.05) is 11.3 Å². The van der Waals surface area contributed by atoms with Crippen molar-refractivity contribution in [3.05, 3.63) is 64.7 Å². The Balaban J connectivity index is 2.13. The first-order valence-corrected chi connectivity index (χ1v) is 6.35. The molecule has 1 amide bonds. The summed E-state index contributed by atoms with van der Waals surface area (Å²) >= 11 is 0. The van der Waals surface area contributed by atoms with Crippen LogP contribution in [0.1, 0.15) is 27.3 Å². The number of alkyl halides is 3. The van der Waals surface area contributed by atoms with Gasteiger partial charge in [-0.25, -0.2) is 4.39 Å². The minimum absolute atomic E-state index is 0.0687. The van der Waals surface area contributed by atoms with E-state index >= 15 is 0 Å². The molecule has 0 unspecified atom stereocenters. The second-order valence-electron chi connectivity index (χ2n) is 4.65. The number of hydrogen-bond acceptors (Lipinski definition) is 2. The maximum absolute atomic E-state index is 13.2. The molecule has 0 aliphatic carbocycles. The van der Waals surface area contributed by atoms with Gasteiger partial charge in [-0.1, -0.05) is 6.07 Å². The minimum Gasteiger partial charge on any atom is -0.346 e. The normalized spacial score (nSPS) is 11.3. The summed E-state index contributed by atoms with van der Waals surface area (Å²) in [5, 5.41) is 2.45. The molecule has 2 aromatic rings. The molecular weight excluding hydrogens is 300 g/mol. The lowest BCUT2D eigenvalue weighted by Crippen LogP contribution is -2.24. The van der Waals surface area contributed by atoms with Crippen molar-refractivity contribution in [2.24, 2.45) is 0 Å². The summed E-state index contributed by atoms with van der Waals surface area (Å²) in [4.78, 5) is 16.0. The van der Waals surface area contributed by atoms with E-state index in [-0.39, 0.29) is 12.1 Å². The quantitative estimate of drug-likeness (QED) is 0.882. The fourth-order valence-electron chi connectivity index (χ4n) is 1.85. The molecule has 1 heterocycles. The van der Waals surface area contributed by atoms with Gasteiger partial charge < -0.3 is 5.32 Å². The zero-order valence-electron chi connectivity index (χ0n) is 11.5. The number of nitrogens with one attached hydrogen (secondary N) is 1. The molecule has 0 bridgehead atoms. The van der Waals surface area contributed by atoms with Crippen LogP contribution in [0.5, 0.6) is 0 Å². The number of nitrogens with zero attached hydrogens (tertiary/aromatic N) is 1. The van der Waals surface area contributed by atoms with E-state index in [0.29, 0.717) is 17.8 Å². The highest BCUT2D eigenvalue weighted by Gasteiger charge is 2.34. The maximum Gasteiger partial charge on any atom is 0.419 e. The molecule has 7 heteroatoms. The SMILES string of the molecule is Cc1cccc(CNC(=O)c2ccc(F)c(C(F)(F)F)c2)n1.